The summed E-state index contributed by atoms with van der Waals surface area (Å²) in [5.41, 5.74) is -4.81. The van der Waals surface area contributed by atoms with Crippen molar-refractivity contribution in [2.45, 2.75) is 45.1 Å². The van der Waals surface area contributed by atoms with Crippen LogP contribution in [0.15, 0.2) is 36.4 Å². The van der Waals surface area contributed by atoms with Gasteiger partial charge < -0.3 is 10.0 Å². The first-order valence-corrected chi connectivity index (χ1v) is 11.8. The maximum atomic E-state index is 13.7. The highest BCUT2D eigenvalue weighted by atomic mass is 32.1. The Morgan fingerprint density at radius 2 is 1.53 bits per heavy atom. The standard InChI is InChI=1S/C26H21F7N2O2S/c1-13-7-17(27)5-6-18(13)22-21(19(11-34)20(12-36)38-22)35(4)23(37)24(2,3)14-8-15(25(28,29)30)10-16(9-14)26(31,32)33/h5-10,36H,12H2,1-4H3. The SMILES string of the molecule is Cc1cc(F)ccc1-c1sc(CO)c(C#N)c1N(C)C(=O)C(C)(C)c1cc(C(F)(F)F)cc(C(F)(F)F)c1. The lowest BCUT2D eigenvalue weighted by Gasteiger charge is -2.31. The van der Waals surface area contributed by atoms with Gasteiger partial charge in [0.05, 0.1) is 44.2 Å². The Morgan fingerprint density at radius 1 is 1.00 bits per heavy atom. The highest BCUT2D eigenvalue weighted by Crippen LogP contribution is 2.46. The molecule has 0 radical (unpaired) electrons. The molecular formula is C26H21F7N2O2S. The third kappa shape index (κ3) is 5.39. The number of carbonyl (C=O) groups is 1. The van der Waals surface area contributed by atoms with Gasteiger partial charge in [0.25, 0.3) is 0 Å². The van der Waals surface area contributed by atoms with E-state index in [1.165, 1.54) is 33.0 Å². The number of aryl methyl sites for hydroxylation is 1. The van der Waals surface area contributed by atoms with Crippen molar-refractivity contribution in [3.05, 3.63) is 74.9 Å². The minimum absolute atomic E-state index is 0.00245. The summed E-state index contributed by atoms with van der Waals surface area (Å²) in [5, 5.41) is 19.6. The van der Waals surface area contributed by atoms with Crippen LogP contribution in [0, 0.1) is 24.1 Å². The predicted octanol–water partition coefficient (Wildman–Crippen LogP) is 7.20. The van der Waals surface area contributed by atoms with E-state index in [4.69, 9.17) is 0 Å². The van der Waals surface area contributed by atoms with Crippen LogP contribution in [0.5, 0.6) is 0 Å². The van der Waals surface area contributed by atoms with Gasteiger partial charge in [0, 0.05) is 7.05 Å². The Balaban J connectivity index is 2.22. The maximum Gasteiger partial charge on any atom is 0.416 e. The van der Waals surface area contributed by atoms with Gasteiger partial charge in [-0.3, -0.25) is 4.79 Å². The second kappa shape index (κ2) is 10.0. The number of nitrogens with zero attached hydrogens (tertiary/aromatic N) is 2. The molecule has 1 N–H and O–H groups in total. The fourth-order valence-corrected chi connectivity index (χ4v) is 5.27. The van der Waals surface area contributed by atoms with E-state index in [1.54, 1.807) is 6.92 Å². The minimum atomic E-state index is -5.11. The molecule has 0 atom stereocenters. The molecule has 0 bridgehead atoms. The summed E-state index contributed by atoms with van der Waals surface area (Å²) in [4.78, 5) is 15.2. The van der Waals surface area contributed by atoms with Gasteiger partial charge in [0.15, 0.2) is 0 Å². The Bertz CT molecular complexity index is 1400. The molecule has 202 valence electrons. The first kappa shape index (κ1) is 29.1. The summed E-state index contributed by atoms with van der Waals surface area (Å²) >= 11 is 0.961. The number of aliphatic hydroxyl groups excluding tert-OH is 1. The second-order valence-corrected chi connectivity index (χ2v) is 10.2. The number of halogens is 7. The fourth-order valence-electron chi connectivity index (χ4n) is 4.04. The van der Waals surface area contributed by atoms with Crippen LogP contribution >= 0.6 is 11.3 Å². The summed E-state index contributed by atoms with van der Waals surface area (Å²) in [6.07, 6.45) is -10.2. The lowest BCUT2D eigenvalue weighted by Crippen LogP contribution is -2.42. The van der Waals surface area contributed by atoms with Gasteiger partial charge in [-0.15, -0.1) is 11.3 Å². The van der Waals surface area contributed by atoms with Crippen molar-refractivity contribution in [1.82, 2.24) is 0 Å². The van der Waals surface area contributed by atoms with E-state index < -0.39 is 52.8 Å². The number of hydrogen-bond donors (Lipinski definition) is 1. The van der Waals surface area contributed by atoms with Crippen LogP contribution in [-0.2, 0) is 29.2 Å². The predicted molar refractivity (Wildman–Crippen MR) is 128 cm³/mol. The van der Waals surface area contributed by atoms with Crippen molar-refractivity contribution in [2.75, 3.05) is 11.9 Å². The highest BCUT2D eigenvalue weighted by Gasteiger charge is 2.42. The Kier molecular flexibility index (Phi) is 7.69. The molecule has 0 aliphatic carbocycles. The summed E-state index contributed by atoms with van der Waals surface area (Å²) in [6, 6.07) is 6.65. The molecule has 3 rings (SSSR count). The second-order valence-electron chi connectivity index (χ2n) is 9.09. The molecule has 0 saturated carbocycles. The maximum absolute atomic E-state index is 13.7. The lowest BCUT2D eigenvalue weighted by atomic mass is 9.81. The summed E-state index contributed by atoms with van der Waals surface area (Å²) < 4.78 is 94.4. The van der Waals surface area contributed by atoms with E-state index >= 15 is 0 Å². The third-order valence-electron chi connectivity index (χ3n) is 6.13. The van der Waals surface area contributed by atoms with Crippen LogP contribution in [0.4, 0.5) is 36.4 Å². The molecule has 1 aromatic heterocycles. The van der Waals surface area contributed by atoms with Crippen molar-refractivity contribution in [1.29, 1.82) is 5.26 Å². The Morgan fingerprint density at radius 3 is 1.97 bits per heavy atom. The monoisotopic (exact) mass is 558 g/mol. The molecule has 1 amide bonds. The number of rotatable bonds is 5. The largest absolute Gasteiger partial charge is 0.416 e. The topological polar surface area (TPSA) is 64.3 Å². The van der Waals surface area contributed by atoms with Crippen molar-refractivity contribution < 1.29 is 40.6 Å². The summed E-state index contributed by atoms with van der Waals surface area (Å²) in [6.45, 7) is 3.36. The highest BCUT2D eigenvalue weighted by molar-refractivity contribution is 7.16. The molecule has 0 saturated heterocycles. The number of likely N-dealkylation sites (N-methyl/N-ethyl adjacent to an activating group) is 1. The first-order chi connectivity index (χ1) is 17.4. The number of alkyl halides is 6. The molecule has 4 nitrogen and oxygen atoms in total. The van der Waals surface area contributed by atoms with Crippen LogP contribution in [0.25, 0.3) is 10.4 Å². The molecule has 0 aliphatic heterocycles. The van der Waals surface area contributed by atoms with E-state index in [0.29, 0.717) is 28.1 Å². The Labute approximate surface area is 217 Å². The van der Waals surface area contributed by atoms with Crippen molar-refractivity contribution in [3.8, 4) is 16.5 Å². The zero-order valence-corrected chi connectivity index (χ0v) is 21.3. The van der Waals surface area contributed by atoms with Gasteiger partial charge in [0.1, 0.15) is 11.9 Å². The van der Waals surface area contributed by atoms with E-state index in [2.05, 4.69) is 0 Å². The molecule has 0 aliphatic rings. The molecule has 0 unspecified atom stereocenters. The average molecular weight is 559 g/mol. The average Bonchev–Trinajstić information content (AvgIpc) is 3.20. The number of benzene rings is 2. The molecule has 0 spiro atoms. The van der Waals surface area contributed by atoms with Crippen LogP contribution in [0.3, 0.4) is 0 Å². The summed E-state index contributed by atoms with van der Waals surface area (Å²) in [7, 11) is 1.23. The first-order valence-electron chi connectivity index (χ1n) is 10.9. The lowest BCUT2D eigenvalue weighted by molar-refractivity contribution is -0.143. The number of aliphatic hydroxyl groups is 1. The van der Waals surface area contributed by atoms with Crippen LogP contribution in [-0.4, -0.2) is 18.1 Å². The smallest absolute Gasteiger partial charge is 0.391 e. The fraction of sp³-hybridized carbons (Fsp3) is 0.308. The van der Waals surface area contributed by atoms with Gasteiger partial charge in [0.2, 0.25) is 5.91 Å². The summed E-state index contributed by atoms with van der Waals surface area (Å²) in [5.74, 6) is -1.45. The van der Waals surface area contributed by atoms with Crippen LogP contribution in [0.1, 0.15) is 46.5 Å². The number of amides is 1. The van der Waals surface area contributed by atoms with Crippen molar-refractivity contribution >= 4 is 22.9 Å². The van der Waals surface area contributed by atoms with Gasteiger partial charge in [-0.2, -0.15) is 31.6 Å². The number of thiophene rings is 1. The number of nitriles is 1. The number of carbonyl (C=O) groups excluding carboxylic acids is 1. The van der Waals surface area contributed by atoms with E-state index in [0.717, 1.165) is 22.3 Å². The minimum Gasteiger partial charge on any atom is -0.391 e. The number of anilines is 1. The van der Waals surface area contributed by atoms with E-state index in [-0.39, 0.29) is 22.2 Å². The number of hydrogen-bond acceptors (Lipinski definition) is 4. The zero-order chi connectivity index (χ0) is 28.8. The van der Waals surface area contributed by atoms with E-state index in [1.807, 2.05) is 6.07 Å². The van der Waals surface area contributed by atoms with Crippen LogP contribution in [0.2, 0.25) is 0 Å². The Hall–Kier alpha value is -3.43. The third-order valence-corrected chi connectivity index (χ3v) is 7.33. The molecule has 38 heavy (non-hydrogen) atoms. The van der Waals surface area contributed by atoms with Crippen molar-refractivity contribution in [3.63, 3.8) is 0 Å². The van der Waals surface area contributed by atoms with Gasteiger partial charge in [-0.05, 0) is 67.8 Å². The molecule has 2 aromatic carbocycles. The van der Waals surface area contributed by atoms with Gasteiger partial charge >= 0.3 is 12.4 Å². The molecule has 3 aromatic rings. The zero-order valence-electron chi connectivity index (χ0n) is 20.5. The van der Waals surface area contributed by atoms with Crippen LogP contribution < -0.4 is 4.90 Å². The molecular weight excluding hydrogens is 537 g/mol. The molecule has 12 heteroatoms. The molecule has 0 fully saturated rings. The van der Waals surface area contributed by atoms with E-state index in [9.17, 15) is 45.9 Å². The molecule has 1 heterocycles. The van der Waals surface area contributed by atoms with Crippen molar-refractivity contribution in [2.24, 2.45) is 0 Å². The van der Waals surface area contributed by atoms with Gasteiger partial charge in [-0.25, -0.2) is 4.39 Å². The normalized spacial score (nSPS) is 12.4. The quantitative estimate of drug-likeness (QED) is 0.337. The van der Waals surface area contributed by atoms with Gasteiger partial charge in [-0.1, -0.05) is 6.07 Å².